The van der Waals surface area contributed by atoms with E-state index >= 15 is 0 Å². The molecule has 2 nitrogen and oxygen atoms in total. The molecule has 3 unspecified atom stereocenters. The number of methoxy groups -OCH3 is 1. The Bertz CT molecular complexity index is 272. The fourth-order valence-corrected chi connectivity index (χ4v) is 3.69. The van der Waals surface area contributed by atoms with Gasteiger partial charge in [-0.3, -0.25) is 0 Å². The Morgan fingerprint density at radius 1 is 1.18 bits per heavy atom. The first-order valence-electron chi connectivity index (χ1n) is 7.14. The Balaban J connectivity index is 1.86. The van der Waals surface area contributed by atoms with Crippen molar-refractivity contribution < 1.29 is 4.74 Å². The summed E-state index contributed by atoms with van der Waals surface area (Å²) >= 11 is 0. The molecule has 0 heterocycles. The molecule has 100 valence electrons. The molecule has 1 N–H and O–H groups in total. The molecule has 2 aliphatic carbocycles. The quantitative estimate of drug-likeness (QED) is 0.815. The highest BCUT2D eigenvalue weighted by molar-refractivity contribution is 5.04. The van der Waals surface area contributed by atoms with Gasteiger partial charge in [0.25, 0.3) is 0 Å². The number of hydrogen-bond donors (Lipinski definition) is 1. The van der Waals surface area contributed by atoms with Crippen molar-refractivity contribution in [3.63, 3.8) is 0 Å². The molecule has 2 fully saturated rings. The Morgan fingerprint density at radius 2 is 1.88 bits per heavy atom. The molecule has 0 spiro atoms. The van der Waals surface area contributed by atoms with Crippen molar-refractivity contribution >= 4 is 0 Å². The van der Waals surface area contributed by atoms with Crippen LogP contribution in [0.5, 0.6) is 0 Å². The Kier molecular flexibility index (Phi) is 3.57. The van der Waals surface area contributed by atoms with Crippen LogP contribution >= 0.6 is 0 Å². The van der Waals surface area contributed by atoms with Gasteiger partial charge in [0, 0.05) is 24.6 Å². The number of hydrogen-bond acceptors (Lipinski definition) is 2. The molecular weight excluding hydrogens is 210 g/mol. The molecule has 0 aliphatic heterocycles. The van der Waals surface area contributed by atoms with E-state index in [2.05, 4.69) is 33.0 Å². The summed E-state index contributed by atoms with van der Waals surface area (Å²) in [6.45, 7) is 9.47. The first-order chi connectivity index (χ1) is 7.85. The van der Waals surface area contributed by atoms with E-state index in [0.717, 1.165) is 6.04 Å². The van der Waals surface area contributed by atoms with Crippen molar-refractivity contribution in [3.8, 4) is 0 Å². The summed E-state index contributed by atoms with van der Waals surface area (Å²) in [4.78, 5) is 0. The van der Waals surface area contributed by atoms with E-state index in [-0.39, 0.29) is 0 Å². The lowest BCUT2D eigenvalue weighted by molar-refractivity contribution is -0.102. The van der Waals surface area contributed by atoms with Gasteiger partial charge in [-0.05, 0) is 31.1 Å². The van der Waals surface area contributed by atoms with Gasteiger partial charge >= 0.3 is 0 Å². The molecule has 2 saturated carbocycles. The zero-order valence-corrected chi connectivity index (χ0v) is 12.2. The number of nitrogens with one attached hydrogen (secondary N) is 1. The van der Waals surface area contributed by atoms with Crippen LogP contribution < -0.4 is 5.32 Å². The zero-order valence-electron chi connectivity index (χ0n) is 12.2. The lowest BCUT2D eigenvalue weighted by atomic mass is 9.63. The van der Waals surface area contributed by atoms with Crippen molar-refractivity contribution in [2.45, 2.75) is 78.0 Å². The van der Waals surface area contributed by atoms with E-state index in [9.17, 15) is 0 Å². The summed E-state index contributed by atoms with van der Waals surface area (Å²) in [7, 11) is 1.84. The van der Waals surface area contributed by atoms with Crippen molar-refractivity contribution in [2.75, 3.05) is 7.11 Å². The van der Waals surface area contributed by atoms with E-state index in [0.29, 0.717) is 23.0 Å². The highest BCUT2D eigenvalue weighted by Crippen LogP contribution is 2.44. The molecule has 0 aromatic heterocycles. The lowest BCUT2D eigenvalue weighted by Crippen LogP contribution is -2.63. The molecule has 2 aliphatic rings. The normalized spacial score (nSPS) is 39.7. The minimum atomic E-state index is 0.302. The molecule has 0 aromatic rings. The van der Waals surface area contributed by atoms with Crippen LogP contribution in [-0.2, 0) is 4.74 Å². The van der Waals surface area contributed by atoms with Crippen LogP contribution in [-0.4, -0.2) is 25.3 Å². The van der Waals surface area contributed by atoms with Crippen molar-refractivity contribution in [1.29, 1.82) is 0 Å². The Morgan fingerprint density at radius 3 is 2.41 bits per heavy atom. The standard InChI is InChI=1S/C15H29NO/c1-14(2)8-6-7-11(10-14)16-12-9-13(17-5)15(12,3)4/h11-13,16H,6-10H2,1-5H3. The monoisotopic (exact) mass is 239 g/mol. The second kappa shape index (κ2) is 4.55. The third-order valence-electron chi connectivity index (χ3n) is 5.10. The fourth-order valence-electron chi connectivity index (χ4n) is 3.69. The van der Waals surface area contributed by atoms with Crippen LogP contribution in [0, 0.1) is 10.8 Å². The third kappa shape index (κ3) is 2.68. The molecule has 3 atom stereocenters. The maximum absolute atomic E-state index is 5.52. The van der Waals surface area contributed by atoms with E-state index in [1.165, 1.54) is 32.1 Å². The summed E-state index contributed by atoms with van der Waals surface area (Å²) in [5.41, 5.74) is 0.834. The minimum Gasteiger partial charge on any atom is -0.381 e. The summed E-state index contributed by atoms with van der Waals surface area (Å²) in [5, 5.41) is 3.89. The van der Waals surface area contributed by atoms with Crippen LogP contribution in [0.25, 0.3) is 0 Å². The topological polar surface area (TPSA) is 21.3 Å². The predicted octanol–water partition coefficient (Wildman–Crippen LogP) is 3.36. The largest absolute Gasteiger partial charge is 0.381 e. The van der Waals surface area contributed by atoms with Gasteiger partial charge < -0.3 is 10.1 Å². The average molecular weight is 239 g/mol. The van der Waals surface area contributed by atoms with Gasteiger partial charge in [-0.25, -0.2) is 0 Å². The van der Waals surface area contributed by atoms with Crippen LogP contribution in [0.3, 0.4) is 0 Å². The van der Waals surface area contributed by atoms with Gasteiger partial charge in [0.2, 0.25) is 0 Å². The van der Waals surface area contributed by atoms with Gasteiger partial charge in [0.15, 0.2) is 0 Å². The Hall–Kier alpha value is -0.0800. The number of ether oxygens (including phenoxy) is 1. The van der Waals surface area contributed by atoms with E-state index in [1.54, 1.807) is 0 Å². The Labute approximate surface area is 107 Å². The van der Waals surface area contributed by atoms with Gasteiger partial charge in [0.05, 0.1) is 6.10 Å². The highest BCUT2D eigenvalue weighted by Gasteiger charge is 2.49. The second-order valence-corrected chi connectivity index (χ2v) is 7.46. The molecule has 17 heavy (non-hydrogen) atoms. The van der Waals surface area contributed by atoms with Gasteiger partial charge in [-0.2, -0.15) is 0 Å². The van der Waals surface area contributed by atoms with E-state index in [4.69, 9.17) is 4.74 Å². The summed E-state index contributed by atoms with van der Waals surface area (Å²) in [6, 6.07) is 1.37. The molecule has 0 radical (unpaired) electrons. The van der Waals surface area contributed by atoms with Crippen molar-refractivity contribution in [3.05, 3.63) is 0 Å². The van der Waals surface area contributed by atoms with Crippen molar-refractivity contribution in [1.82, 2.24) is 5.32 Å². The second-order valence-electron chi connectivity index (χ2n) is 7.46. The van der Waals surface area contributed by atoms with Gasteiger partial charge in [0.1, 0.15) is 0 Å². The van der Waals surface area contributed by atoms with Gasteiger partial charge in [-0.1, -0.05) is 34.1 Å². The number of rotatable bonds is 3. The third-order valence-corrected chi connectivity index (χ3v) is 5.10. The fraction of sp³-hybridized carbons (Fsp3) is 1.00. The van der Waals surface area contributed by atoms with Crippen LogP contribution in [0.15, 0.2) is 0 Å². The van der Waals surface area contributed by atoms with Crippen LogP contribution in [0.4, 0.5) is 0 Å². The molecule has 0 aromatic carbocycles. The smallest absolute Gasteiger partial charge is 0.0652 e. The molecule has 0 saturated heterocycles. The van der Waals surface area contributed by atoms with Crippen LogP contribution in [0.1, 0.15) is 59.8 Å². The lowest BCUT2D eigenvalue weighted by Gasteiger charge is -2.53. The zero-order chi connectivity index (χ0) is 12.7. The highest BCUT2D eigenvalue weighted by atomic mass is 16.5. The van der Waals surface area contributed by atoms with Crippen molar-refractivity contribution in [2.24, 2.45) is 10.8 Å². The molecular formula is C15H29NO. The molecule has 0 amide bonds. The van der Waals surface area contributed by atoms with Gasteiger partial charge in [-0.15, -0.1) is 0 Å². The first-order valence-corrected chi connectivity index (χ1v) is 7.14. The SMILES string of the molecule is COC1CC(NC2CCCC(C)(C)C2)C1(C)C. The molecule has 0 bridgehead atoms. The summed E-state index contributed by atoms with van der Waals surface area (Å²) < 4.78 is 5.52. The first kappa shape index (κ1) is 13.4. The van der Waals surface area contributed by atoms with Crippen LogP contribution in [0.2, 0.25) is 0 Å². The predicted molar refractivity (Wildman–Crippen MR) is 72.2 cm³/mol. The maximum atomic E-state index is 5.52. The minimum absolute atomic E-state index is 0.302. The maximum Gasteiger partial charge on any atom is 0.0652 e. The average Bonchev–Trinajstić information content (AvgIpc) is 2.22. The summed E-state index contributed by atoms with van der Waals surface area (Å²) in [5.74, 6) is 0. The van der Waals surface area contributed by atoms with E-state index in [1.807, 2.05) is 7.11 Å². The summed E-state index contributed by atoms with van der Waals surface area (Å²) in [6.07, 6.45) is 7.08. The molecule has 2 heteroatoms. The van der Waals surface area contributed by atoms with E-state index < -0.39 is 0 Å². The molecule has 2 rings (SSSR count).